The molecule has 0 aliphatic carbocycles. The first-order valence-corrected chi connectivity index (χ1v) is 7.59. The number of rotatable bonds is 6. The van der Waals surface area contributed by atoms with Crippen molar-refractivity contribution in [3.05, 3.63) is 41.3 Å². The summed E-state index contributed by atoms with van der Waals surface area (Å²) in [5.41, 5.74) is 8.22. The van der Waals surface area contributed by atoms with E-state index in [4.69, 9.17) is 10.3 Å². The van der Waals surface area contributed by atoms with Crippen molar-refractivity contribution in [1.29, 1.82) is 0 Å². The van der Waals surface area contributed by atoms with Crippen molar-refractivity contribution in [2.24, 2.45) is 10.7 Å². The number of alkyl halides is 3. The second-order valence-corrected chi connectivity index (χ2v) is 5.37. The lowest BCUT2D eigenvalue weighted by Crippen LogP contribution is -2.23. The molecule has 1 heterocycles. The molecule has 9 heteroatoms. The number of halogens is 3. The van der Waals surface area contributed by atoms with Crippen LogP contribution in [0.4, 0.5) is 18.9 Å². The monoisotopic (exact) mass is 356 g/mol. The van der Waals surface area contributed by atoms with Gasteiger partial charge in [0.05, 0.1) is 5.69 Å². The number of aromatic nitrogens is 1. The Morgan fingerprint density at radius 3 is 2.52 bits per heavy atom. The SMILES string of the molecule is Cc1noc(C)c1CCCN=C(N)Nc1ccc(OC(F)(F)F)cc1. The lowest BCUT2D eigenvalue weighted by molar-refractivity contribution is -0.274. The largest absolute Gasteiger partial charge is 0.573 e. The van der Waals surface area contributed by atoms with Gasteiger partial charge in [-0.05, 0) is 51.0 Å². The van der Waals surface area contributed by atoms with E-state index in [0.717, 1.165) is 29.9 Å². The van der Waals surface area contributed by atoms with Crippen molar-refractivity contribution >= 4 is 11.6 Å². The zero-order valence-electron chi connectivity index (χ0n) is 13.9. The molecular weight excluding hydrogens is 337 g/mol. The highest BCUT2D eigenvalue weighted by Gasteiger charge is 2.30. The number of nitrogens with zero attached hydrogens (tertiary/aromatic N) is 2. The number of aliphatic imine (C=N–C) groups is 1. The molecule has 136 valence electrons. The van der Waals surface area contributed by atoms with Crippen LogP contribution in [0.3, 0.4) is 0 Å². The fourth-order valence-corrected chi connectivity index (χ4v) is 2.24. The molecule has 0 saturated heterocycles. The lowest BCUT2D eigenvalue weighted by atomic mass is 10.1. The highest BCUT2D eigenvalue weighted by Crippen LogP contribution is 2.23. The van der Waals surface area contributed by atoms with Crippen LogP contribution in [0.25, 0.3) is 0 Å². The molecule has 6 nitrogen and oxygen atoms in total. The molecule has 0 aliphatic heterocycles. The van der Waals surface area contributed by atoms with Gasteiger partial charge in [0, 0.05) is 17.8 Å². The van der Waals surface area contributed by atoms with Gasteiger partial charge >= 0.3 is 6.36 Å². The minimum atomic E-state index is -4.71. The van der Waals surface area contributed by atoms with Crippen molar-refractivity contribution < 1.29 is 22.4 Å². The van der Waals surface area contributed by atoms with Gasteiger partial charge in [0.15, 0.2) is 5.96 Å². The zero-order valence-corrected chi connectivity index (χ0v) is 13.9. The van der Waals surface area contributed by atoms with Crippen LogP contribution in [-0.4, -0.2) is 24.0 Å². The summed E-state index contributed by atoms with van der Waals surface area (Å²) in [6, 6.07) is 5.24. The van der Waals surface area contributed by atoms with Crippen LogP contribution < -0.4 is 15.8 Å². The molecule has 0 spiro atoms. The Hall–Kier alpha value is -2.71. The summed E-state index contributed by atoms with van der Waals surface area (Å²) in [4.78, 5) is 4.18. The number of aryl methyl sites for hydroxylation is 2. The number of nitrogens with two attached hydrogens (primary N) is 1. The Morgan fingerprint density at radius 1 is 1.28 bits per heavy atom. The van der Waals surface area contributed by atoms with Crippen molar-refractivity contribution in [2.75, 3.05) is 11.9 Å². The Morgan fingerprint density at radius 2 is 1.96 bits per heavy atom. The molecule has 0 saturated carbocycles. The molecule has 2 aromatic rings. The maximum absolute atomic E-state index is 12.1. The van der Waals surface area contributed by atoms with E-state index in [2.05, 4.69) is 20.2 Å². The first-order chi connectivity index (χ1) is 11.7. The Labute approximate surface area is 142 Å². The minimum Gasteiger partial charge on any atom is -0.406 e. The summed E-state index contributed by atoms with van der Waals surface area (Å²) in [5.74, 6) is 0.685. The molecule has 25 heavy (non-hydrogen) atoms. The van der Waals surface area contributed by atoms with Gasteiger partial charge in [0.25, 0.3) is 0 Å². The van der Waals surface area contributed by atoms with Crippen LogP contribution in [0.5, 0.6) is 5.75 Å². The van der Waals surface area contributed by atoms with Gasteiger partial charge in [-0.25, -0.2) is 0 Å². The number of ether oxygens (including phenoxy) is 1. The highest BCUT2D eigenvalue weighted by molar-refractivity contribution is 5.92. The Balaban J connectivity index is 1.81. The molecule has 3 N–H and O–H groups in total. The van der Waals surface area contributed by atoms with E-state index >= 15 is 0 Å². The molecule has 2 rings (SSSR count). The van der Waals surface area contributed by atoms with Gasteiger partial charge in [-0.1, -0.05) is 5.16 Å². The highest BCUT2D eigenvalue weighted by atomic mass is 19.4. The standard InChI is InChI=1S/C16H19F3N4O2/c1-10-14(11(2)25-23-10)4-3-9-21-15(20)22-12-5-7-13(8-6-12)24-16(17,18)19/h5-8H,3-4,9H2,1-2H3,(H3,20,21,22). The second-order valence-electron chi connectivity index (χ2n) is 5.37. The van der Waals surface area contributed by atoms with E-state index in [1.165, 1.54) is 24.3 Å². The van der Waals surface area contributed by atoms with Gasteiger partial charge in [0.1, 0.15) is 11.5 Å². The maximum Gasteiger partial charge on any atom is 0.573 e. The molecule has 1 aromatic carbocycles. The van der Waals surface area contributed by atoms with E-state index in [0.29, 0.717) is 12.2 Å². The number of guanidine groups is 1. The van der Waals surface area contributed by atoms with Crippen LogP contribution in [0.2, 0.25) is 0 Å². The fourth-order valence-electron chi connectivity index (χ4n) is 2.24. The molecule has 0 radical (unpaired) electrons. The quantitative estimate of drug-likeness (QED) is 0.470. The number of hydrogen-bond donors (Lipinski definition) is 2. The van der Waals surface area contributed by atoms with Gasteiger partial charge in [0.2, 0.25) is 0 Å². The molecule has 0 aliphatic rings. The third kappa shape index (κ3) is 6.02. The van der Waals surface area contributed by atoms with Crippen molar-refractivity contribution in [3.63, 3.8) is 0 Å². The number of hydrogen-bond acceptors (Lipinski definition) is 4. The third-order valence-corrected chi connectivity index (χ3v) is 3.41. The molecule has 0 unspecified atom stereocenters. The lowest BCUT2D eigenvalue weighted by Gasteiger charge is -2.10. The van der Waals surface area contributed by atoms with E-state index in [1.54, 1.807) is 0 Å². The predicted octanol–water partition coefficient (Wildman–Crippen LogP) is 3.55. The normalized spacial score (nSPS) is 12.3. The van der Waals surface area contributed by atoms with Gasteiger partial charge in [-0.2, -0.15) is 0 Å². The van der Waals surface area contributed by atoms with E-state index in [-0.39, 0.29) is 11.7 Å². The van der Waals surface area contributed by atoms with E-state index < -0.39 is 6.36 Å². The molecule has 0 bridgehead atoms. The topological polar surface area (TPSA) is 85.7 Å². The Bertz CT molecular complexity index is 704. The zero-order chi connectivity index (χ0) is 18.4. The smallest absolute Gasteiger partial charge is 0.406 e. The van der Waals surface area contributed by atoms with Crippen molar-refractivity contribution in [2.45, 2.75) is 33.1 Å². The summed E-state index contributed by atoms with van der Waals surface area (Å²) in [6.45, 7) is 4.25. The van der Waals surface area contributed by atoms with Gasteiger partial charge in [-0.3, -0.25) is 4.99 Å². The summed E-state index contributed by atoms with van der Waals surface area (Å²) in [7, 11) is 0. The number of anilines is 1. The van der Waals surface area contributed by atoms with E-state index in [9.17, 15) is 13.2 Å². The molecule has 0 atom stereocenters. The summed E-state index contributed by atoms with van der Waals surface area (Å²) in [5, 5.41) is 6.70. The average Bonchev–Trinajstić information content (AvgIpc) is 2.83. The fraction of sp³-hybridized carbons (Fsp3) is 0.375. The van der Waals surface area contributed by atoms with Crippen LogP contribution in [0.1, 0.15) is 23.4 Å². The van der Waals surface area contributed by atoms with Crippen LogP contribution in [0, 0.1) is 13.8 Å². The third-order valence-electron chi connectivity index (χ3n) is 3.41. The first kappa shape index (κ1) is 18.6. The Kier molecular flexibility index (Phi) is 5.89. The summed E-state index contributed by atoms with van der Waals surface area (Å²) >= 11 is 0. The number of benzene rings is 1. The van der Waals surface area contributed by atoms with Crippen LogP contribution in [0.15, 0.2) is 33.8 Å². The predicted molar refractivity (Wildman–Crippen MR) is 87.5 cm³/mol. The second kappa shape index (κ2) is 7.91. The van der Waals surface area contributed by atoms with Crippen molar-refractivity contribution in [1.82, 2.24) is 5.16 Å². The van der Waals surface area contributed by atoms with E-state index in [1.807, 2.05) is 13.8 Å². The maximum atomic E-state index is 12.1. The number of nitrogens with one attached hydrogen (secondary N) is 1. The van der Waals surface area contributed by atoms with Crippen LogP contribution in [-0.2, 0) is 6.42 Å². The minimum absolute atomic E-state index is 0.184. The summed E-state index contributed by atoms with van der Waals surface area (Å²) < 4.78 is 45.2. The molecule has 1 aromatic heterocycles. The first-order valence-electron chi connectivity index (χ1n) is 7.59. The van der Waals surface area contributed by atoms with Crippen molar-refractivity contribution in [3.8, 4) is 5.75 Å². The van der Waals surface area contributed by atoms with Gasteiger partial charge < -0.3 is 20.3 Å². The molecule has 0 amide bonds. The van der Waals surface area contributed by atoms with Gasteiger partial charge in [-0.15, -0.1) is 13.2 Å². The summed E-state index contributed by atoms with van der Waals surface area (Å²) in [6.07, 6.45) is -3.16. The average molecular weight is 356 g/mol. The molecule has 0 fully saturated rings. The van der Waals surface area contributed by atoms with Crippen LogP contribution >= 0.6 is 0 Å². The molecular formula is C16H19F3N4O2.